The molecule has 2 aliphatic rings. The Bertz CT molecular complexity index is 564. The summed E-state index contributed by atoms with van der Waals surface area (Å²) in [5.41, 5.74) is 2.68. The van der Waals surface area contributed by atoms with E-state index in [1.165, 1.54) is 25.0 Å². The Morgan fingerprint density at radius 1 is 0.759 bits per heavy atom. The topological polar surface area (TPSA) is 52.6 Å². The fraction of sp³-hybridized carbons (Fsp3) is 0.800. The van der Waals surface area contributed by atoms with Crippen molar-refractivity contribution in [2.45, 2.75) is 92.3 Å². The van der Waals surface area contributed by atoms with E-state index >= 15 is 0 Å². The average molecular weight is 405 g/mol. The van der Waals surface area contributed by atoms with Gasteiger partial charge in [0.2, 0.25) is 0 Å². The summed E-state index contributed by atoms with van der Waals surface area (Å²) >= 11 is 0. The van der Waals surface area contributed by atoms with Crippen molar-refractivity contribution in [2.75, 3.05) is 0 Å². The maximum absolute atomic E-state index is 12.2. The van der Waals surface area contributed by atoms with E-state index < -0.39 is 11.9 Å². The van der Waals surface area contributed by atoms with Gasteiger partial charge in [-0.1, -0.05) is 54.4 Å². The van der Waals surface area contributed by atoms with Gasteiger partial charge in [-0.25, -0.2) is 9.59 Å². The molecule has 0 aromatic rings. The minimum Gasteiger partial charge on any atom is -0.458 e. The van der Waals surface area contributed by atoms with E-state index in [9.17, 15) is 9.59 Å². The lowest BCUT2D eigenvalue weighted by molar-refractivity contribution is -0.150. The van der Waals surface area contributed by atoms with Gasteiger partial charge >= 0.3 is 11.9 Å². The van der Waals surface area contributed by atoms with Gasteiger partial charge in [0.1, 0.15) is 12.2 Å². The summed E-state index contributed by atoms with van der Waals surface area (Å²) in [4.78, 5) is 24.5. The number of ether oxygens (including phenoxy) is 2. The zero-order valence-electron chi connectivity index (χ0n) is 19.1. The molecule has 2 aliphatic carbocycles. The predicted octanol–water partition coefficient (Wildman–Crippen LogP) is 5.71. The molecule has 0 bridgehead atoms. The maximum Gasteiger partial charge on any atom is 0.338 e. The number of esters is 2. The molecule has 0 aliphatic heterocycles. The monoisotopic (exact) mass is 404 g/mol. The summed E-state index contributed by atoms with van der Waals surface area (Å²) in [6, 6.07) is 0. The summed E-state index contributed by atoms with van der Waals surface area (Å²) in [5, 5.41) is 0. The van der Waals surface area contributed by atoms with E-state index in [4.69, 9.17) is 9.47 Å². The summed E-state index contributed by atoms with van der Waals surface area (Å²) in [7, 11) is 0. The Hall–Kier alpha value is -1.54. The molecule has 0 radical (unpaired) electrons. The largest absolute Gasteiger partial charge is 0.458 e. The van der Waals surface area contributed by atoms with Crippen LogP contribution in [0.2, 0.25) is 0 Å². The van der Waals surface area contributed by atoms with Gasteiger partial charge in [-0.05, 0) is 61.2 Å². The molecule has 0 N–H and O–H groups in total. The van der Waals surface area contributed by atoms with E-state index in [0.29, 0.717) is 35.5 Å². The highest BCUT2D eigenvalue weighted by atomic mass is 16.5. The van der Waals surface area contributed by atoms with Crippen LogP contribution in [0.5, 0.6) is 0 Å². The van der Waals surface area contributed by atoms with Crippen LogP contribution in [0.4, 0.5) is 0 Å². The molecule has 4 nitrogen and oxygen atoms in total. The molecule has 0 heterocycles. The molecule has 0 unspecified atom stereocenters. The van der Waals surface area contributed by atoms with Crippen LogP contribution in [0.3, 0.4) is 0 Å². The second-order valence-electron chi connectivity index (χ2n) is 10.1. The summed E-state index contributed by atoms with van der Waals surface area (Å²) in [6.07, 6.45) is 8.74. The number of hydrogen-bond donors (Lipinski definition) is 0. The lowest BCUT2D eigenvalue weighted by Crippen LogP contribution is -2.35. The third-order valence-electron chi connectivity index (χ3n) is 6.86. The highest BCUT2D eigenvalue weighted by Gasteiger charge is 2.34. The van der Waals surface area contributed by atoms with E-state index in [-0.39, 0.29) is 12.2 Å². The lowest BCUT2D eigenvalue weighted by Gasteiger charge is -2.36. The molecule has 0 amide bonds. The lowest BCUT2D eigenvalue weighted by atomic mass is 9.75. The molecular weight excluding hydrogens is 364 g/mol. The van der Waals surface area contributed by atoms with Gasteiger partial charge in [0.25, 0.3) is 0 Å². The Kier molecular flexibility index (Phi) is 9.02. The minimum absolute atomic E-state index is 0.0493. The van der Waals surface area contributed by atoms with E-state index in [1.54, 1.807) is 0 Å². The van der Waals surface area contributed by atoms with Crippen molar-refractivity contribution in [1.82, 2.24) is 0 Å². The van der Waals surface area contributed by atoms with Crippen LogP contribution in [-0.2, 0) is 19.1 Å². The minimum atomic E-state index is -0.426. The van der Waals surface area contributed by atoms with Gasteiger partial charge in [0.15, 0.2) is 0 Å². The van der Waals surface area contributed by atoms with Gasteiger partial charge in [-0.15, -0.1) is 5.73 Å². The van der Waals surface area contributed by atoms with Crippen molar-refractivity contribution >= 4 is 11.9 Å². The fourth-order valence-corrected chi connectivity index (χ4v) is 5.04. The number of carbonyl (C=O) groups is 2. The molecule has 2 fully saturated rings. The first-order chi connectivity index (χ1) is 13.7. The Morgan fingerprint density at radius 3 is 1.48 bits per heavy atom. The molecule has 0 aromatic heterocycles. The Morgan fingerprint density at radius 2 is 1.14 bits per heavy atom. The van der Waals surface area contributed by atoms with Crippen molar-refractivity contribution in [3.05, 3.63) is 17.9 Å². The zero-order chi connectivity index (χ0) is 21.6. The molecule has 0 aromatic carbocycles. The standard InChI is InChI=1S/C25H40O4/c1-16(2)20-12-10-18(5)14-22(20)28-24(26)8-7-9-25(27)29-23-15-19(6)11-13-21(23)17(3)4/h8-9,16-23H,10-15H2,1-6H3/t7?,18-,19-,20+,21+,22-,23-/m1/s1. The first-order valence-electron chi connectivity index (χ1n) is 11.5. The molecule has 0 saturated heterocycles. The molecule has 6 atom stereocenters. The van der Waals surface area contributed by atoms with Crippen molar-refractivity contribution in [3.63, 3.8) is 0 Å². The molecule has 2 saturated carbocycles. The highest BCUT2D eigenvalue weighted by molar-refractivity contribution is 5.85. The van der Waals surface area contributed by atoms with Crippen LogP contribution in [0.15, 0.2) is 17.9 Å². The van der Waals surface area contributed by atoms with Crippen molar-refractivity contribution < 1.29 is 19.1 Å². The molecule has 4 heteroatoms. The second kappa shape index (κ2) is 11.0. The third-order valence-corrected chi connectivity index (χ3v) is 6.86. The maximum atomic E-state index is 12.2. The van der Waals surface area contributed by atoms with Gasteiger partial charge in [-0.2, -0.15) is 0 Å². The van der Waals surface area contributed by atoms with E-state index in [1.807, 2.05) is 0 Å². The van der Waals surface area contributed by atoms with E-state index in [0.717, 1.165) is 25.7 Å². The first-order valence-corrected chi connectivity index (χ1v) is 11.5. The van der Waals surface area contributed by atoms with Crippen molar-refractivity contribution in [3.8, 4) is 0 Å². The summed E-state index contributed by atoms with van der Waals surface area (Å²) < 4.78 is 11.4. The smallest absolute Gasteiger partial charge is 0.338 e. The van der Waals surface area contributed by atoms with Crippen LogP contribution >= 0.6 is 0 Å². The average Bonchev–Trinajstić information content (AvgIpc) is 2.61. The highest BCUT2D eigenvalue weighted by Crippen LogP contribution is 2.36. The third kappa shape index (κ3) is 7.33. The quantitative estimate of drug-likeness (QED) is 0.323. The molecule has 2 rings (SSSR count). The molecular formula is C25H40O4. The summed E-state index contributed by atoms with van der Waals surface area (Å²) in [6.45, 7) is 13.2. The Balaban J connectivity index is 1.90. The summed E-state index contributed by atoms with van der Waals surface area (Å²) in [5.74, 6) is 2.07. The first kappa shape index (κ1) is 23.7. The van der Waals surface area contributed by atoms with Crippen LogP contribution < -0.4 is 0 Å². The van der Waals surface area contributed by atoms with Crippen LogP contribution in [0.1, 0.15) is 80.1 Å². The zero-order valence-corrected chi connectivity index (χ0v) is 19.1. The Labute approximate surface area is 177 Å². The normalized spacial score (nSPS) is 32.4. The number of hydrogen-bond acceptors (Lipinski definition) is 4. The molecule has 29 heavy (non-hydrogen) atoms. The van der Waals surface area contributed by atoms with Crippen molar-refractivity contribution in [1.29, 1.82) is 0 Å². The van der Waals surface area contributed by atoms with Crippen LogP contribution in [0, 0.1) is 35.5 Å². The van der Waals surface area contributed by atoms with Crippen LogP contribution in [-0.4, -0.2) is 24.1 Å². The van der Waals surface area contributed by atoms with Gasteiger partial charge in [-0.3, -0.25) is 0 Å². The SMILES string of the molecule is CC(C)[C@@H]1CC[C@@H](C)C[C@H]1OC(=O)C=C=CC(=O)O[C@@H]1C[C@H](C)CC[C@H]1C(C)C. The van der Waals surface area contributed by atoms with Crippen molar-refractivity contribution in [2.24, 2.45) is 35.5 Å². The number of rotatable bonds is 6. The second-order valence-corrected chi connectivity index (χ2v) is 10.1. The van der Waals surface area contributed by atoms with Gasteiger partial charge < -0.3 is 9.47 Å². The predicted molar refractivity (Wildman–Crippen MR) is 115 cm³/mol. The molecule has 0 spiro atoms. The van der Waals surface area contributed by atoms with E-state index in [2.05, 4.69) is 47.3 Å². The van der Waals surface area contributed by atoms with Gasteiger partial charge in [0, 0.05) is 0 Å². The van der Waals surface area contributed by atoms with Crippen LogP contribution in [0.25, 0.3) is 0 Å². The van der Waals surface area contributed by atoms with Gasteiger partial charge in [0.05, 0.1) is 12.2 Å². The fourth-order valence-electron chi connectivity index (χ4n) is 5.04. The molecule has 164 valence electrons. The number of carbonyl (C=O) groups excluding carboxylic acids is 2.